The summed E-state index contributed by atoms with van der Waals surface area (Å²) in [5.74, 6) is -1.17. The fourth-order valence-corrected chi connectivity index (χ4v) is 4.74. The zero-order chi connectivity index (χ0) is 23.9. The van der Waals surface area contributed by atoms with E-state index in [0.717, 1.165) is 22.3 Å². The van der Waals surface area contributed by atoms with E-state index in [4.69, 9.17) is 4.74 Å². The molecule has 0 saturated carbocycles. The number of carboxylic acids is 1. The van der Waals surface area contributed by atoms with Gasteiger partial charge in [-0.15, -0.1) is 0 Å². The van der Waals surface area contributed by atoms with E-state index in [-0.39, 0.29) is 43.0 Å². The van der Waals surface area contributed by atoms with Crippen LogP contribution in [0, 0.1) is 5.41 Å². The van der Waals surface area contributed by atoms with E-state index in [9.17, 15) is 19.5 Å². The molecule has 3 aromatic rings. The van der Waals surface area contributed by atoms with Crippen molar-refractivity contribution >= 4 is 23.8 Å². The van der Waals surface area contributed by atoms with Crippen molar-refractivity contribution in [2.24, 2.45) is 5.41 Å². The third kappa shape index (κ3) is 3.59. The normalized spacial score (nSPS) is 15.7. The van der Waals surface area contributed by atoms with Crippen molar-refractivity contribution in [2.45, 2.75) is 19.3 Å². The third-order valence-electron chi connectivity index (χ3n) is 6.79. The van der Waals surface area contributed by atoms with Crippen LogP contribution in [0.15, 0.2) is 54.6 Å². The lowest BCUT2D eigenvalue weighted by Crippen LogP contribution is -2.61. The maximum absolute atomic E-state index is 12.6. The quantitative estimate of drug-likeness (QED) is 0.515. The van der Waals surface area contributed by atoms with Gasteiger partial charge in [-0.1, -0.05) is 55.5 Å². The first-order chi connectivity index (χ1) is 16.4. The summed E-state index contributed by atoms with van der Waals surface area (Å²) in [5.41, 5.74) is 3.79. The van der Waals surface area contributed by atoms with E-state index in [0.29, 0.717) is 6.42 Å². The number of likely N-dealkylation sites (tertiary alicyclic amines) is 1. The van der Waals surface area contributed by atoms with Crippen LogP contribution in [0.5, 0.6) is 0 Å². The van der Waals surface area contributed by atoms with Crippen LogP contribution in [-0.4, -0.2) is 57.9 Å². The molecule has 0 radical (unpaired) electrons. The highest BCUT2D eigenvalue weighted by Crippen LogP contribution is 2.44. The number of aromatic nitrogens is 2. The van der Waals surface area contributed by atoms with E-state index < -0.39 is 17.5 Å². The number of amides is 2. The molecule has 0 bridgehead atoms. The highest BCUT2D eigenvalue weighted by molar-refractivity contribution is 5.96. The summed E-state index contributed by atoms with van der Waals surface area (Å²) in [6.07, 6.45) is -0.226. The minimum atomic E-state index is -0.902. The minimum absolute atomic E-state index is 0.0612. The predicted molar refractivity (Wildman–Crippen MR) is 124 cm³/mol. The number of nitrogens with zero attached hydrogens (tertiary/aromatic N) is 2. The van der Waals surface area contributed by atoms with E-state index in [2.05, 4.69) is 27.6 Å². The molecule has 0 unspecified atom stereocenters. The number of nitrogens with one attached hydrogen (secondary N) is 2. The zero-order valence-electron chi connectivity index (χ0n) is 18.6. The SMILES string of the molecule is CCC1(C(=O)O)CN(C(=O)c2cc(NC(=O)OCC3c4ccccc4-c4ccccc43)n[nH]2)C1. The fraction of sp³-hybridized carbons (Fsp3) is 0.280. The first-order valence-electron chi connectivity index (χ1n) is 11.1. The number of aromatic amines is 1. The molecular formula is C25H24N4O5. The Morgan fingerprint density at radius 1 is 1.12 bits per heavy atom. The fourth-order valence-electron chi connectivity index (χ4n) is 4.74. The number of fused-ring (bicyclic) bond motifs is 3. The van der Waals surface area contributed by atoms with Gasteiger partial charge in [0.2, 0.25) is 0 Å². The second-order valence-electron chi connectivity index (χ2n) is 8.72. The van der Waals surface area contributed by atoms with Gasteiger partial charge in [0.05, 0.1) is 0 Å². The number of carbonyl (C=O) groups excluding carboxylic acids is 2. The zero-order valence-corrected chi connectivity index (χ0v) is 18.6. The summed E-state index contributed by atoms with van der Waals surface area (Å²) in [5, 5.41) is 18.5. The number of hydrogen-bond acceptors (Lipinski definition) is 5. The molecule has 34 heavy (non-hydrogen) atoms. The van der Waals surface area contributed by atoms with Crippen LogP contribution in [-0.2, 0) is 9.53 Å². The Kier molecular flexibility index (Phi) is 5.31. The number of carbonyl (C=O) groups is 3. The molecule has 1 aliphatic carbocycles. The van der Waals surface area contributed by atoms with Gasteiger partial charge in [0, 0.05) is 25.1 Å². The van der Waals surface area contributed by atoms with Crippen LogP contribution in [0.1, 0.15) is 40.9 Å². The second-order valence-corrected chi connectivity index (χ2v) is 8.72. The number of hydrogen-bond donors (Lipinski definition) is 3. The number of rotatable bonds is 6. The standard InChI is InChI=1S/C25H24N4O5/c1-2-25(23(31)32)13-29(14-25)22(30)20-11-21(28-27-20)26-24(33)34-12-19-17-9-5-3-7-15(17)16-8-4-6-10-18(16)19/h3-11,19H,2,12-14H2,1H3,(H,31,32)(H2,26,27,28,33). The van der Waals surface area contributed by atoms with Gasteiger partial charge in [-0.2, -0.15) is 5.10 Å². The summed E-state index contributed by atoms with van der Waals surface area (Å²) in [4.78, 5) is 37.9. The third-order valence-corrected chi connectivity index (χ3v) is 6.79. The lowest BCUT2D eigenvalue weighted by molar-refractivity contribution is -0.158. The molecule has 2 heterocycles. The molecule has 174 valence electrons. The van der Waals surface area contributed by atoms with Crippen molar-refractivity contribution in [3.05, 3.63) is 71.4 Å². The van der Waals surface area contributed by atoms with E-state index in [1.54, 1.807) is 6.92 Å². The van der Waals surface area contributed by atoms with Crippen LogP contribution in [0.4, 0.5) is 10.6 Å². The van der Waals surface area contributed by atoms with Crippen LogP contribution < -0.4 is 5.32 Å². The van der Waals surface area contributed by atoms with Gasteiger partial charge in [-0.25, -0.2) is 4.79 Å². The monoisotopic (exact) mass is 460 g/mol. The topological polar surface area (TPSA) is 125 Å². The van der Waals surface area contributed by atoms with E-state index in [1.165, 1.54) is 11.0 Å². The molecule has 1 fully saturated rings. The lowest BCUT2D eigenvalue weighted by Gasteiger charge is -2.46. The number of ether oxygens (including phenoxy) is 1. The van der Waals surface area contributed by atoms with E-state index in [1.807, 2.05) is 36.4 Å². The number of aliphatic carboxylic acids is 1. The molecule has 0 atom stereocenters. The van der Waals surface area contributed by atoms with Crippen molar-refractivity contribution in [3.8, 4) is 11.1 Å². The second kappa shape index (κ2) is 8.33. The first kappa shape index (κ1) is 21.7. The Labute approximate surface area is 195 Å². The smallest absolute Gasteiger partial charge is 0.412 e. The molecule has 2 aliphatic rings. The van der Waals surface area contributed by atoms with Crippen LogP contribution in [0.25, 0.3) is 11.1 Å². The average molecular weight is 460 g/mol. The maximum Gasteiger partial charge on any atom is 0.412 e. The predicted octanol–water partition coefficient (Wildman–Crippen LogP) is 3.71. The largest absolute Gasteiger partial charge is 0.481 e. The molecule has 2 aromatic carbocycles. The Balaban J connectivity index is 1.19. The highest BCUT2D eigenvalue weighted by Gasteiger charge is 2.50. The van der Waals surface area contributed by atoms with Gasteiger partial charge in [0.15, 0.2) is 5.82 Å². The maximum atomic E-state index is 12.6. The number of benzene rings is 2. The van der Waals surface area contributed by atoms with Crippen molar-refractivity contribution < 1.29 is 24.2 Å². The molecule has 1 saturated heterocycles. The molecule has 9 nitrogen and oxygen atoms in total. The van der Waals surface area contributed by atoms with Crippen molar-refractivity contribution in [1.29, 1.82) is 0 Å². The highest BCUT2D eigenvalue weighted by atomic mass is 16.5. The lowest BCUT2D eigenvalue weighted by atomic mass is 9.77. The minimum Gasteiger partial charge on any atom is -0.481 e. The Hall–Kier alpha value is -4.14. The summed E-state index contributed by atoms with van der Waals surface area (Å²) < 4.78 is 5.50. The molecule has 5 rings (SSSR count). The number of H-pyrrole nitrogens is 1. The number of carboxylic acid groups (broad SMARTS) is 1. The van der Waals surface area contributed by atoms with Crippen LogP contribution in [0.3, 0.4) is 0 Å². The summed E-state index contributed by atoms with van der Waals surface area (Å²) in [6.45, 7) is 2.25. The van der Waals surface area contributed by atoms with Gasteiger partial charge >= 0.3 is 12.1 Å². The van der Waals surface area contributed by atoms with Gasteiger partial charge in [0.1, 0.15) is 17.7 Å². The molecule has 2 amide bonds. The molecule has 0 spiro atoms. The summed E-state index contributed by atoms with van der Waals surface area (Å²) in [7, 11) is 0. The van der Waals surface area contributed by atoms with Crippen LogP contribution >= 0.6 is 0 Å². The molecule has 1 aliphatic heterocycles. The molecule has 3 N–H and O–H groups in total. The summed E-state index contributed by atoms with van der Waals surface area (Å²) in [6, 6.07) is 17.6. The summed E-state index contributed by atoms with van der Waals surface area (Å²) >= 11 is 0. The van der Waals surface area contributed by atoms with Gasteiger partial charge in [-0.3, -0.25) is 20.0 Å². The van der Waals surface area contributed by atoms with Gasteiger partial charge in [0.25, 0.3) is 5.91 Å². The first-order valence-corrected chi connectivity index (χ1v) is 11.1. The van der Waals surface area contributed by atoms with Crippen molar-refractivity contribution in [1.82, 2.24) is 15.1 Å². The van der Waals surface area contributed by atoms with Crippen molar-refractivity contribution in [2.75, 3.05) is 25.0 Å². The van der Waals surface area contributed by atoms with E-state index >= 15 is 0 Å². The molecule has 1 aromatic heterocycles. The number of anilines is 1. The van der Waals surface area contributed by atoms with Gasteiger partial charge in [-0.05, 0) is 28.7 Å². The van der Waals surface area contributed by atoms with Gasteiger partial charge < -0.3 is 14.7 Å². The Bertz CT molecular complexity index is 1230. The Morgan fingerprint density at radius 2 is 1.74 bits per heavy atom. The average Bonchev–Trinajstić information content (AvgIpc) is 3.40. The molecule has 9 heteroatoms. The Morgan fingerprint density at radius 3 is 2.32 bits per heavy atom. The van der Waals surface area contributed by atoms with Crippen LogP contribution in [0.2, 0.25) is 0 Å². The van der Waals surface area contributed by atoms with Crippen molar-refractivity contribution in [3.63, 3.8) is 0 Å². The molecular weight excluding hydrogens is 436 g/mol.